The summed E-state index contributed by atoms with van der Waals surface area (Å²) >= 11 is 1.39. The summed E-state index contributed by atoms with van der Waals surface area (Å²) < 4.78 is 0. The van der Waals surface area contributed by atoms with Crippen molar-refractivity contribution >= 4 is 38.8 Å². The molecule has 1 aliphatic carbocycles. The molecule has 152 valence electrons. The molecule has 1 atom stereocenters. The van der Waals surface area contributed by atoms with E-state index in [1.807, 2.05) is 26.0 Å². The van der Waals surface area contributed by atoms with E-state index in [1.54, 1.807) is 0 Å². The molecule has 1 aliphatic rings. The van der Waals surface area contributed by atoms with Gasteiger partial charge in [-0.05, 0) is 67.7 Å². The molecule has 5 heteroatoms. The molecule has 0 bridgehead atoms. The number of pyridine rings is 1. The molecular weight excluding hydrogens is 378 g/mol. The highest BCUT2D eigenvalue weighted by molar-refractivity contribution is 7.21. The largest absolute Gasteiger partial charge is 0.397 e. The summed E-state index contributed by atoms with van der Waals surface area (Å²) in [6.07, 6.45) is 3.19. The number of nitrogens with zero attached hydrogens (tertiary/aromatic N) is 1. The summed E-state index contributed by atoms with van der Waals surface area (Å²) in [5, 5.41) is 3.93. The first-order chi connectivity index (χ1) is 13.6. The lowest BCUT2D eigenvalue weighted by molar-refractivity contribution is 0.103. The Morgan fingerprint density at radius 1 is 1.24 bits per heavy atom. The van der Waals surface area contributed by atoms with Crippen molar-refractivity contribution in [1.29, 1.82) is 0 Å². The van der Waals surface area contributed by atoms with E-state index in [4.69, 9.17) is 10.7 Å². The highest BCUT2D eigenvalue weighted by Crippen LogP contribution is 2.40. The molecule has 0 fully saturated rings. The second kappa shape index (κ2) is 7.13. The van der Waals surface area contributed by atoms with Gasteiger partial charge in [0.1, 0.15) is 9.71 Å². The Morgan fingerprint density at radius 2 is 2.00 bits per heavy atom. The van der Waals surface area contributed by atoms with Gasteiger partial charge in [-0.3, -0.25) is 4.79 Å². The predicted molar refractivity (Wildman–Crippen MR) is 123 cm³/mol. The highest BCUT2D eigenvalue weighted by atomic mass is 32.1. The number of aromatic nitrogens is 1. The van der Waals surface area contributed by atoms with Gasteiger partial charge in [-0.15, -0.1) is 11.3 Å². The van der Waals surface area contributed by atoms with Gasteiger partial charge in [0.25, 0.3) is 5.91 Å². The highest BCUT2D eigenvalue weighted by Gasteiger charge is 2.30. The minimum absolute atomic E-state index is 0.164. The number of anilines is 2. The third-order valence-corrected chi connectivity index (χ3v) is 7.26. The van der Waals surface area contributed by atoms with Crippen molar-refractivity contribution in [2.24, 2.45) is 11.3 Å². The number of aryl methyl sites for hydroxylation is 3. The summed E-state index contributed by atoms with van der Waals surface area (Å²) in [6, 6.07) is 8.17. The van der Waals surface area contributed by atoms with E-state index in [0.717, 1.165) is 40.7 Å². The molecular formula is C24H29N3OS. The summed E-state index contributed by atoms with van der Waals surface area (Å²) in [5.74, 6) is 0.476. The van der Waals surface area contributed by atoms with Crippen molar-refractivity contribution in [3.05, 3.63) is 51.5 Å². The van der Waals surface area contributed by atoms with Crippen molar-refractivity contribution in [2.75, 3.05) is 11.1 Å². The van der Waals surface area contributed by atoms with E-state index in [2.05, 4.69) is 38.2 Å². The fraction of sp³-hybridized carbons (Fsp3) is 0.417. The van der Waals surface area contributed by atoms with Crippen LogP contribution in [0.15, 0.2) is 24.3 Å². The molecule has 3 N–H and O–H groups in total. The number of hydrogen-bond acceptors (Lipinski definition) is 4. The van der Waals surface area contributed by atoms with E-state index in [1.165, 1.54) is 28.2 Å². The fourth-order valence-electron chi connectivity index (χ4n) is 4.23. The molecule has 29 heavy (non-hydrogen) atoms. The molecule has 0 spiro atoms. The minimum Gasteiger partial charge on any atom is -0.397 e. The third kappa shape index (κ3) is 3.76. The van der Waals surface area contributed by atoms with E-state index >= 15 is 0 Å². The van der Waals surface area contributed by atoms with E-state index in [0.29, 0.717) is 16.5 Å². The zero-order valence-electron chi connectivity index (χ0n) is 17.8. The maximum atomic E-state index is 12.9. The first-order valence-corrected chi connectivity index (χ1v) is 11.0. The topological polar surface area (TPSA) is 68.0 Å². The van der Waals surface area contributed by atoms with Gasteiger partial charge in [0.15, 0.2) is 0 Å². The first-order valence-electron chi connectivity index (χ1n) is 10.2. The number of fused-ring (bicyclic) bond motifs is 2. The van der Waals surface area contributed by atoms with Crippen LogP contribution < -0.4 is 11.1 Å². The summed E-state index contributed by atoms with van der Waals surface area (Å²) in [4.78, 5) is 19.2. The zero-order chi connectivity index (χ0) is 20.9. The molecule has 3 aromatic rings. The Labute approximate surface area is 176 Å². The predicted octanol–water partition coefficient (Wildman–Crippen LogP) is 5.90. The Morgan fingerprint density at radius 3 is 2.69 bits per heavy atom. The molecule has 0 saturated heterocycles. The number of amides is 1. The van der Waals surface area contributed by atoms with Crippen LogP contribution in [-0.2, 0) is 12.8 Å². The first kappa shape index (κ1) is 19.9. The SMILES string of the molecule is Cc1ccc(NC(=O)c2sc3nc4c(cc3c2N)CC(C(C)(C)C)CC4)c(C)c1. The van der Waals surface area contributed by atoms with Crippen LogP contribution in [0.5, 0.6) is 0 Å². The Hall–Kier alpha value is -2.40. The van der Waals surface area contributed by atoms with Crippen LogP contribution in [-0.4, -0.2) is 10.9 Å². The van der Waals surface area contributed by atoms with Crippen LogP contribution in [0, 0.1) is 25.2 Å². The smallest absolute Gasteiger partial charge is 0.267 e. The maximum Gasteiger partial charge on any atom is 0.267 e. The molecule has 2 heterocycles. The minimum atomic E-state index is -0.164. The van der Waals surface area contributed by atoms with Crippen LogP contribution in [0.3, 0.4) is 0 Å². The average molecular weight is 408 g/mol. The molecule has 1 aromatic carbocycles. The van der Waals surface area contributed by atoms with Crippen molar-refractivity contribution in [3.63, 3.8) is 0 Å². The van der Waals surface area contributed by atoms with Crippen molar-refractivity contribution in [2.45, 2.75) is 53.9 Å². The van der Waals surface area contributed by atoms with Crippen molar-refractivity contribution in [1.82, 2.24) is 4.98 Å². The number of hydrogen-bond donors (Lipinski definition) is 2. The molecule has 4 rings (SSSR count). The van der Waals surface area contributed by atoms with Crippen molar-refractivity contribution < 1.29 is 4.79 Å². The van der Waals surface area contributed by atoms with Crippen LogP contribution in [0.1, 0.15) is 59.2 Å². The van der Waals surface area contributed by atoms with Gasteiger partial charge in [-0.2, -0.15) is 0 Å². The normalized spacial score (nSPS) is 16.7. The second-order valence-corrected chi connectivity index (χ2v) is 10.4. The second-order valence-electron chi connectivity index (χ2n) is 9.37. The lowest BCUT2D eigenvalue weighted by atomic mass is 9.71. The Balaban J connectivity index is 1.67. The number of nitrogens with two attached hydrogens (primary N) is 1. The number of carbonyl (C=O) groups is 1. The molecule has 1 amide bonds. The molecule has 0 aliphatic heterocycles. The summed E-state index contributed by atoms with van der Waals surface area (Å²) in [6.45, 7) is 11.0. The van der Waals surface area contributed by atoms with Gasteiger partial charge >= 0.3 is 0 Å². The molecule has 4 nitrogen and oxygen atoms in total. The number of rotatable bonds is 2. The number of carbonyl (C=O) groups excluding carboxylic acids is 1. The Bertz CT molecular complexity index is 1110. The molecule has 2 aromatic heterocycles. The van der Waals surface area contributed by atoms with E-state index in [-0.39, 0.29) is 11.3 Å². The number of thiophene rings is 1. The number of nitrogens with one attached hydrogen (secondary N) is 1. The van der Waals surface area contributed by atoms with Gasteiger partial charge < -0.3 is 11.1 Å². The van der Waals surface area contributed by atoms with Crippen LogP contribution in [0.4, 0.5) is 11.4 Å². The standard InChI is InChI=1S/C24H29N3OS/c1-13-6-8-18(14(2)10-13)26-22(28)21-20(25)17-12-15-11-16(24(3,4)5)7-9-19(15)27-23(17)29-21/h6,8,10,12,16H,7,9,11,25H2,1-5H3,(H,26,28). The molecule has 1 unspecified atom stereocenters. The van der Waals surface area contributed by atoms with Crippen molar-refractivity contribution in [3.8, 4) is 0 Å². The summed E-state index contributed by atoms with van der Waals surface area (Å²) in [5.41, 5.74) is 12.7. The lowest BCUT2D eigenvalue weighted by Gasteiger charge is -2.34. The van der Waals surface area contributed by atoms with Crippen LogP contribution in [0.2, 0.25) is 0 Å². The van der Waals surface area contributed by atoms with E-state index < -0.39 is 0 Å². The van der Waals surface area contributed by atoms with Crippen LogP contribution >= 0.6 is 11.3 Å². The van der Waals surface area contributed by atoms with E-state index in [9.17, 15) is 4.79 Å². The number of benzene rings is 1. The van der Waals surface area contributed by atoms with Gasteiger partial charge in [0.2, 0.25) is 0 Å². The lowest BCUT2D eigenvalue weighted by Crippen LogP contribution is -2.27. The number of nitrogen functional groups attached to an aromatic ring is 1. The van der Waals surface area contributed by atoms with Gasteiger partial charge in [-0.1, -0.05) is 38.5 Å². The maximum absolute atomic E-state index is 12.9. The average Bonchev–Trinajstić information content (AvgIpc) is 2.97. The fourth-order valence-corrected chi connectivity index (χ4v) is 5.22. The zero-order valence-corrected chi connectivity index (χ0v) is 18.7. The summed E-state index contributed by atoms with van der Waals surface area (Å²) in [7, 11) is 0. The quantitative estimate of drug-likeness (QED) is 0.556. The third-order valence-electron chi connectivity index (χ3n) is 6.15. The monoisotopic (exact) mass is 407 g/mol. The molecule has 0 radical (unpaired) electrons. The van der Waals surface area contributed by atoms with Crippen LogP contribution in [0.25, 0.3) is 10.2 Å². The van der Waals surface area contributed by atoms with Gasteiger partial charge in [0, 0.05) is 16.8 Å². The molecule has 0 saturated carbocycles. The van der Waals surface area contributed by atoms with Gasteiger partial charge in [-0.25, -0.2) is 4.98 Å². The van der Waals surface area contributed by atoms with Gasteiger partial charge in [0.05, 0.1) is 5.69 Å². The Kier molecular flexibility index (Phi) is 4.89.